The normalized spacial score (nSPS) is 15.2. The average Bonchev–Trinajstić information content (AvgIpc) is 3.31. The zero-order valence-electron chi connectivity index (χ0n) is 21.2. The molecule has 0 saturated carbocycles. The minimum Gasteiger partial charge on any atom is -0.372 e. The van der Waals surface area contributed by atoms with Gasteiger partial charge in [-0.3, -0.25) is 14.5 Å². The van der Waals surface area contributed by atoms with Crippen LogP contribution in [0.2, 0.25) is 0 Å². The summed E-state index contributed by atoms with van der Waals surface area (Å²) in [6.07, 6.45) is 2.99. The molecule has 1 aliphatic rings. The number of anilines is 2. The lowest BCUT2D eigenvalue weighted by molar-refractivity contribution is -0.115. The van der Waals surface area contributed by atoms with Crippen LogP contribution in [0.4, 0.5) is 11.4 Å². The molecule has 0 aromatic heterocycles. The Morgan fingerprint density at radius 2 is 1.72 bits per heavy atom. The van der Waals surface area contributed by atoms with Gasteiger partial charge in [0.05, 0.1) is 5.75 Å². The van der Waals surface area contributed by atoms with Gasteiger partial charge in [-0.25, -0.2) is 0 Å². The molecule has 3 aromatic carbocycles. The van der Waals surface area contributed by atoms with E-state index in [2.05, 4.69) is 60.5 Å². The molecule has 1 unspecified atom stereocenters. The number of rotatable bonds is 11. The molecule has 1 aliphatic heterocycles. The lowest BCUT2D eigenvalue weighted by Gasteiger charge is -2.26. The fourth-order valence-corrected chi connectivity index (χ4v) is 5.77. The predicted molar refractivity (Wildman–Crippen MR) is 151 cm³/mol. The number of amides is 2. The van der Waals surface area contributed by atoms with E-state index in [0.29, 0.717) is 17.9 Å². The second-order valence-corrected chi connectivity index (χ2v) is 10.0. The molecular formula is C30H35N3O2S. The third-order valence-corrected chi connectivity index (χ3v) is 7.79. The van der Waals surface area contributed by atoms with Crippen molar-refractivity contribution in [2.24, 2.45) is 0 Å². The minimum atomic E-state index is -0.143. The molecule has 3 aromatic rings. The van der Waals surface area contributed by atoms with Crippen LogP contribution in [-0.4, -0.2) is 37.2 Å². The lowest BCUT2D eigenvalue weighted by Crippen LogP contribution is -2.28. The number of carbonyl (C=O) groups is 2. The fourth-order valence-electron chi connectivity index (χ4n) is 4.60. The first kappa shape index (κ1) is 25.8. The average molecular weight is 502 g/mol. The van der Waals surface area contributed by atoms with Crippen LogP contribution >= 0.6 is 11.8 Å². The topological polar surface area (TPSA) is 52.7 Å². The van der Waals surface area contributed by atoms with Gasteiger partial charge >= 0.3 is 0 Å². The Bertz CT molecular complexity index is 1150. The zero-order valence-corrected chi connectivity index (χ0v) is 22.0. The number of unbranched alkanes of at least 4 members (excludes halogenated alkanes) is 1. The van der Waals surface area contributed by atoms with E-state index in [0.717, 1.165) is 49.3 Å². The van der Waals surface area contributed by atoms with E-state index < -0.39 is 0 Å². The van der Waals surface area contributed by atoms with Crippen molar-refractivity contribution >= 4 is 35.0 Å². The summed E-state index contributed by atoms with van der Waals surface area (Å²) in [6.45, 7) is 6.82. The molecule has 188 valence electrons. The van der Waals surface area contributed by atoms with Gasteiger partial charge in [0, 0.05) is 36.6 Å². The van der Waals surface area contributed by atoms with Gasteiger partial charge in [-0.1, -0.05) is 42.5 Å². The number of benzene rings is 3. The van der Waals surface area contributed by atoms with Crippen LogP contribution in [0.3, 0.4) is 0 Å². The molecule has 1 saturated heterocycles. The van der Waals surface area contributed by atoms with Gasteiger partial charge < -0.3 is 10.2 Å². The summed E-state index contributed by atoms with van der Waals surface area (Å²) >= 11 is 1.60. The molecule has 5 nitrogen and oxygen atoms in total. The van der Waals surface area contributed by atoms with E-state index in [-0.39, 0.29) is 17.2 Å². The van der Waals surface area contributed by atoms with Gasteiger partial charge in [-0.2, -0.15) is 0 Å². The summed E-state index contributed by atoms with van der Waals surface area (Å²) in [6, 6.07) is 26.3. The molecule has 2 amide bonds. The molecule has 1 heterocycles. The molecular weight excluding hydrogens is 466 g/mol. The van der Waals surface area contributed by atoms with Crippen molar-refractivity contribution in [1.82, 2.24) is 5.32 Å². The number of thioether (sulfide) groups is 1. The first-order valence-electron chi connectivity index (χ1n) is 12.8. The van der Waals surface area contributed by atoms with Gasteiger partial charge in [0.1, 0.15) is 5.37 Å². The summed E-state index contributed by atoms with van der Waals surface area (Å²) in [5, 5.41) is 2.91. The Hall–Kier alpha value is -3.25. The van der Waals surface area contributed by atoms with E-state index >= 15 is 0 Å². The smallest absolute Gasteiger partial charge is 0.251 e. The van der Waals surface area contributed by atoms with Crippen molar-refractivity contribution in [1.29, 1.82) is 0 Å². The molecule has 0 spiro atoms. The Kier molecular flexibility index (Phi) is 9.06. The Morgan fingerprint density at radius 1 is 0.972 bits per heavy atom. The second-order valence-electron chi connectivity index (χ2n) is 8.94. The maximum atomic E-state index is 12.8. The minimum absolute atomic E-state index is 0.0685. The molecule has 1 fully saturated rings. The molecule has 1 atom stereocenters. The Labute approximate surface area is 218 Å². The number of hydrogen-bond acceptors (Lipinski definition) is 4. The van der Waals surface area contributed by atoms with Crippen LogP contribution < -0.4 is 15.1 Å². The van der Waals surface area contributed by atoms with E-state index in [1.165, 1.54) is 5.56 Å². The molecule has 36 heavy (non-hydrogen) atoms. The SMILES string of the molecule is CCN(CC)c1ccc(N2C(=O)CSC2c2cccc(C(=O)NCCCCc3ccccc3)c2)cc1. The van der Waals surface area contributed by atoms with Gasteiger partial charge in [-0.15, -0.1) is 11.8 Å². The number of carbonyl (C=O) groups excluding carboxylic acids is 2. The van der Waals surface area contributed by atoms with E-state index in [9.17, 15) is 9.59 Å². The second kappa shape index (κ2) is 12.6. The summed E-state index contributed by atoms with van der Waals surface area (Å²) < 4.78 is 0. The number of nitrogens with zero attached hydrogens (tertiary/aromatic N) is 2. The highest BCUT2D eigenvalue weighted by Gasteiger charge is 2.34. The number of nitrogens with one attached hydrogen (secondary N) is 1. The number of aryl methyl sites for hydroxylation is 1. The van der Waals surface area contributed by atoms with Crippen molar-refractivity contribution in [2.75, 3.05) is 35.2 Å². The Balaban J connectivity index is 1.38. The molecule has 1 N–H and O–H groups in total. The number of hydrogen-bond donors (Lipinski definition) is 1. The first-order chi connectivity index (χ1) is 17.6. The molecule has 0 bridgehead atoms. The highest BCUT2D eigenvalue weighted by molar-refractivity contribution is 8.00. The van der Waals surface area contributed by atoms with Crippen LogP contribution in [0, 0.1) is 0 Å². The fraction of sp³-hybridized carbons (Fsp3) is 0.333. The van der Waals surface area contributed by atoms with Gasteiger partial charge in [0.15, 0.2) is 0 Å². The molecule has 6 heteroatoms. The van der Waals surface area contributed by atoms with Crippen LogP contribution in [0.1, 0.15) is 53.5 Å². The first-order valence-corrected chi connectivity index (χ1v) is 13.9. The monoisotopic (exact) mass is 501 g/mol. The standard InChI is InChI=1S/C30H35N3O2S/c1-3-32(4-2)26-16-18-27(19-17-26)33-28(34)22-36-30(33)25-15-10-14-24(21-25)29(35)31-20-9-8-13-23-11-6-5-7-12-23/h5-7,10-12,14-19,21,30H,3-4,8-9,13,20,22H2,1-2H3,(H,31,35). The largest absolute Gasteiger partial charge is 0.372 e. The van der Waals surface area contributed by atoms with Crippen molar-refractivity contribution in [2.45, 2.75) is 38.5 Å². The van der Waals surface area contributed by atoms with Crippen LogP contribution in [0.25, 0.3) is 0 Å². The van der Waals surface area contributed by atoms with Gasteiger partial charge in [-0.05, 0) is 80.6 Å². The summed E-state index contributed by atoms with van der Waals surface area (Å²) in [4.78, 5) is 29.8. The van der Waals surface area contributed by atoms with Crippen LogP contribution in [0.5, 0.6) is 0 Å². The maximum absolute atomic E-state index is 12.8. The molecule has 4 rings (SSSR count). The van der Waals surface area contributed by atoms with E-state index in [1.54, 1.807) is 11.8 Å². The third kappa shape index (κ3) is 6.30. The maximum Gasteiger partial charge on any atom is 0.251 e. The van der Waals surface area contributed by atoms with Crippen molar-refractivity contribution in [3.63, 3.8) is 0 Å². The van der Waals surface area contributed by atoms with E-state index in [4.69, 9.17) is 0 Å². The lowest BCUT2D eigenvalue weighted by atomic mass is 10.1. The highest BCUT2D eigenvalue weighted by atomic mass is 32.2. The van der Waals surface area contributed by atoms with E-state index in [1.807, 2.05) is 47.4 Å². The van der Waals surface area contributed by atoms with Crippen molar-refractivity contribution in [3.8, 4) is 0 Å². The Morgan fingerprint density at radius 3 is 2.44 bits per heavy atom. The van der Waals surface area contributed by atoms with Gasteiger partial charge in [0.25, 0.3) is 5.91 Å². The predicted octanol–water partition coefficient (Wildman–Crippen LogP) is 6.06. The third-order valence-electron chi connectivity index (χ3n) is 6.58. The highest BCUT2D eigenvalue weighted by Crippen LogP contribution is 2.42. The molecule has 0 radical (unpaired) electrons. The summed E-state index contributed by atoms with van der Waals surface area (Å²) in [5.41, 5.74) is 4.97. The summed E-state index contributed by atoms with van der Waals surface area (Å²) in [7, 11) is 0. The quantitative estimate of drug-likeness (QED) is 0.324. The molecule has 0 aliphatic carbocycles. The van der Waals surface area contributed by atoms with Crippen LogP contribution in [0.15, 0.2) is 78.9 Å². The zero-order chi connectivity index (χ0) is 25.3. The summed E-state index contributed by atoms with van der Waals surface area (Å²) in [5.74, 6) is 0.454. The van der Waals surface area contributed by atoms with Crippen LogP contribution in [-0.2, 0) is 11.2 Å². The van der Waals surface area contributed by atoms with Crippen molar-refractivity contribution in [3.05, 3.63) is 95.6 Å². The van der Waals surface area contributed by atoms with Crippen molar-refractivity contribution < 1.29 is 9.59 Å². The van der Waals surface area contributed by atoms with Gasteiger partial charge in [0.2, 0.25) is 5.91 Å².